The largest absolute Gasteiger partial charge is 0.289 e. The highest BCUT2D eigenvalue weighted by molar-refractivity contribution is 6.49. The summed E-state index contributed by atoms with van der Waals surface area (Å²) in [7, 11) is 0. The summed E-state index contributed by atoms with van der Waals surface area (Å²) in [5.74, 6) is -0.388. The molecule has 2 rings (SSSR count). The Hall–Kier alpha value is -1.41. The van der Waals surface area contributed by atoms with E-state index in [2.05, 4.69) is 13.8 Å². The molecule has 1 aliphatic carbocycles. The Balaban J connectivity index is 2.46. The van der Waals surface area contributed by atoms with Crippen molar-refractivity contribution < 1.29 is 9.59 Å². The van der Waals surface area contributed by atoms with Gasteiger partial charge in [0.05, 0.1) is 5.03 Å². The van der Waals surface area contributed by atoms with Crippen molar-refractivity contribution in [3.05, 3.63) is 45.5 Å². The molecule has 0 N–H and O–H groups in total. The van der Waals surface area contributed by atoms with Gasteiger partial charge in [0, 0.05) is 17.2 Å². The summed E-state index contributed by atoms with van der Waals surface area (Å²) in [6.45, 7) is 4.31. The second-order valence-electron chi connectivity index (χ2n) is 5.56. The predicted octanol–water partition coefficient (Wildman–Crippen LogP) is 4.87. The number of rotatable bonds is 6. The summed E-state index contributed by atoms with van der Waals surface area (Å²) < 4.78 is 0. The molecule has 21 heavy (non-hydrogen) atoms. The van der Waals surface area contributed by atoms with E-state index < -0.39 is 0 Å². The first-order valence-corrected chi connectivity index (χ1v) is 8.08. The Kier molecular flexibility index (Phi) is 5.35. The lowest BCUT2D eigenvalue weighted by Gasteiger charge is -2.17. The number of ketones is 2. The van der Waals surface area contributed by atoms with Crippen molar-refractivity contribution in [1.82, 2.24) is 0 Å². The van der Waals surface area contributed by atoms with Crippen LogP contribution in [0.5, 0.6) is 0 Å². The van der Waals surface area contributed by atoms with Crippen LogP contribution >= 0.6 is 11.6 Å². The van der Waals surface area contributed by atoms with Gasteiger partial charge >= 0.3 is 0 Å². The number of halogens is 1. The minimum atomic E-state index is -0.231. The number of carbonyl (C=O) groups is 2. The molecule has 0 fully saturated rings. The van der Waals surface area contributed by atoms with Gasteiger partial charge in [0.25, 0.3) is 0 Å². The molecule has 0 saturated carbocycles. The van der Waals surface area contributed by atoms with E-state index in [1.165, 1.54) is 17.2 Å². The normalized spacial score (nSPS) is 14.1. The molecular weight excluding hydrogens is 284 g/mol. The molecule has 0 spiro atoms. The number of unbranched alkanes of at least 4 members (excludes halogenated alkanes) is 2. The molecule has 0 radical (unpaired) electrons. The topological polar surface area (TPSA) is 34.1 Å². The lowest BCUT2D eigenvalue weighted by atomic mass is 9.87. The minimum absolute atomic E-state index is 0.0234. The van der Waals surface area contributed by atoms with Crippen molar-refractivity contribution in [2.24, 2.45) is 0 Å². The van der Waals surface area contributed by atoms with Crippen LogP contribution in [-0.2, 0) is 12.8 Å². The van der Waals surface area contributed by atoms with Gasteiger partial charge in [-0.25, -0.2) is 0 Å². The third-order valence-corrected chi connectivity index (χ3v) is 4.20. The zero-order chi connectivity index (χ0) is 15.4. The number of Topliss-reactive ketones (excluding diaryl/α,β-unsaturated/α-hetero) is 1. The van der Waals surface area contributed by atoms with Crippen LogP contribution in [0.2, 0.25) is 0 Å². The lowest BCUT2D eigenvalue weighted by molar-refractivity contribution is 0.0990. The van der Waals surface area contributed by atoms with Gasteiger partial charge in [0.1, 0.15) is 0 Å². The van der Waals surface area contributed by atoms with Gasteiger partial charge in [-0.2, -0.15) is 0 Å². The van der Waals surface area contributed by atoms with Crippen molar-refractivity contribution >= 4 is 23.2 Å². The third-order valence-electron chi connectivity index (χ3n) is 3.92. The smallest absolute Gasteiger partial charge is 0.205 e. The maximum atomic E-state index is 12.2. The molecule has 2 nitrogen and oxygen atoms in total. The van der Waals surface area contributed by atoms with Crippen molar-refractivity contribution in [3.63, 3.8) is 0 Å². The highest BCUT2D eigenvalue weighted by atomic mass is 35.5. The van der Waals surface area contributed by atoms with Crippen LogP contribution < -0.4 is 0 Å². The second-order valence-corrected chi connectivity index (χ2v) is 5.97. The summed E-state index contributed by atoms with van der Waals surface area (Å²) >= 11 is 5.86. The summed E-state index contributed by atoms with van der Waals surface area (Å²) in [4.78, 5) is 24.2. The van der Waals surface area contributed by atoms with Crippen LogP contribution in [0.4, 0.5) is 0 Å². The Bertz CT molecular complexity index is 599. The molecule has 1 aromatic rings. The third kappa shape index (κ3) is 3.44. The van der Waals surface area contributed by atoms with Gasteiger partial charge < -0.3 is 0 Å². The van der Waals surface area contributed by atoms with Crippen LogP contribution in [0.25, 0.3) is 0 Å². The van der Waals surface area contributed by atoms with Crippen LogP contribution in [0.3, 0.4) is 0 Å². The highest BCUT2D eigenvalue weighted by Gasteiger charge is 2.25. The lowest BCUT2D eigenvalue weighted by Crippen LogP contribution is -2.16. The fourth-order valence-corrected chi connectivity index (χ4v) is 2.87. The van der Waals surface area contributed by atoms with Gasteiger partial charge in [0.15, 0.2) is 5.78 Å². The molecule has 0 aliphatic heterocycles. The minimum Gasteiger partial charge on any atom is -0.289 e. The number of carbonyl (C=O) groups excluding carboxylic acids is 2. The Labute approximate surface area is 131 Å². The Morgan fingerprint density at radius 1 is 0.905 bits per heavy atom. The Morgan fingerprint density at radius 3 is 1.95 bits per heavy atom. The molecule has 0 amide bonds. The molecule has 1 aromatic carbocycles. The zero-order valence-corrected chi connectivity index (χ0v) is 13.4. The quantitative estimate of drug-likeness (QED) is 0.751. The molecule has 3 heteroatoms. The molecule has 0 bridgehead atoms. The van der Waals surface area contributed by atoms with Gasteiger partial charge in [-0.05, 0) is 48.9 Å². The maximum Gasteiger partial charge on any atom is 0.205 e. The van der Waals surface area contributed by atoms with E-state index in [-0.39, 0.29) is 16.6 Å². The van der Waals surface area contributed by atoms with Crippen LogP contribution in [-0.4, -0.2) is 11.6 Å². The zero-order valence-electron chi connectivity index (χ0n) is 12.7. The van der Waals surface area contributed by atoms with Gasteiger partial charge in [0.2, 0.25) is 5.78 Å². The monoisotopic (exact) mass is 304 g/mol. The van der Waals surface area contributed by atoms with Gasteiger partial charge in [-0.1, -0.05) is 38.3 Å². The number of fused-ring (bicyclic) bond motifs is 1. The van der Waals surface area contributed by atoms with Gasteiger partial charge in [-0.3, -0.25) is 9.59 Å². The Morgan fingerprint density at radius 2 is 1.43 bits per heavy atom. The first-order chi connectivity index (χ1) is 10.1. The molecule has 0 aromatic heterocycles. The second kappa shape index (κ2) is 7.04. The number of aryl methyl sites for hydroxylation is 2. The number of hydrogen-bond donors (Lipinski definition) is 0. The average Bonchev–Trinajstić information content (AvgIpc) is 2.48. The summed E-state index contributed by atoms with van der Waals surface area (Å²) in [6, 6.07) is 3.81. The van der Waals surface area contributed by atoms with E-state index in [0.29, 0.717) is 11.1 Å². The van der Waals surface area contributed by atoms with E-state index in [1.807, 2.05) is 12.1 Å². The van der Waals surface area contributed by atoms with Crippen LogP contribution in [0, 0.1) is 0 Å². The van der Waals surface area contributed by atoms with Crippen molar-refractivity contribution in [3.8, 4) is 0 Å². The molecule has 0 atom stereocenters. The van der Waals surface area contributed by atoms with Crippen LogP contribution in [0.15, 0.2) is 23.2 Å². The molecule has 0 unspecified atom stereocenters. The van der Waals surface area contributed by atoms with Crippen molar-refractivity contribution in [1.29, 1.82) is 0 Å². The maximum absolute atomic E-state index is 12.2. The molecular formula is C18H21ClO2. The summed E-state index contributed by atoms with van der Waals surface area (Å²) in [5.41, 5.74) is 3.38. The van der Waals surface area contributed by atoms with E-state index in [0.717, 1.165) is 38.5 Å². The van der Waals surface area contributed by atoms with E-state index in [9.17, 15) is 9.59 Å². The van der Waals surface area contributed by atoms with Crippen LogP contribution in [0.1, 0.15) is 71.4 Å². The SMILES string of the molecule is CCCCc1cc2c(cc1CCCC)C(=O)C(Cl)=CC2=O. The highest BCUT2D eigenvalue weighted by Crippen LogP contribution is 2.28. The number of benzene rings is 1. The van der Waals surface area contributed by atoms with E-state index in [1.54, 1.807) is 0 Å². The first-order valence-electron chi connectivity index (χ1n) is 7.70. The standard InChI is InChI=1S/C18H21ClO2/c1-3-5-7-12-9-14-15(10-13(12)8-6-4-2)18(21)16(19)11-17(14)20/h9-11H,3-8H2,1-2H3. The summed E-state index contributed by atoms with van der Waals surface area (Å²) in [6.07, 6.45) is 7.55. The molecule has 1 aliphatic rings. The molecule has 0 heterocycles. The fraction of sp³-hybridized carbons (Fsp3) is 0.444. The van der Waals surface area contributed by atoms with E-state index >= 15 is 0 Å². The van der Waals surface area contributed by atoms with E-state index in [4.69, 9.17) is 11.6 Å². The van der Waals surface area contributed by atoms with Gasteiger partial charge in [-0.15, -0.1) is 0 Å². The number of allylic oxidation sites excluding steroid dienone is 2. The van der Waals surface area contributed by atoms with Crippen molar-refractivity contribution in [2.75, 3.05) is 0 Å². The van der Waals surface area contributed by atoms with Crippen molar-refractivity contribution in [2.45, 2.75) is 52.4 Å². The predicted molar refractivity (Wildman–Crippen MR) is 86.3 cm³/mol. The molecule has 0 saturated heterocycles. The molecule has 112 valence electrons. The summed E-state index contributed by atoms with van der Waals surface area (Å²) in [5, 5.41) is 0.0234. The first kappa shape index (κ1) is 16.0. The number of hydrogen-bond acceptors (Lipinski definition) is 2. The fourth-order valence-electron chi connectivity index (χ4n) is 2.67. The average molecular weight is 305 g/mol.